The second kappa shape index (κ2) is 6.64. The third-order valence-electron chi connectivity index (χ3n) is 4.93. The lowest BCUT2D eigenvalue weighted by atomic mass is 9.89. The topological polar surface area (TPSA) is 32.3 Å². The number of nitrogens with one attached hydrogen (secondary N) is 1. The molecule has 1 saturated carbocycles. The van der Waals surface area contributed by atoms with E-state index < -0.39 is 0 Å². The Balaban J connectivity index is 1.78. The van der Waals surface area contributed by atoms with E-state index in [1.54, 1.807) is 0 Å². The fourth-order valence-electron chi connectivity index (χ4n) is 3.61. The van der Waals surface area contributed by atoms with Crippen LogP contribution in [-0.2, 0) is 4.79 Å². The summed E-state index contributed by atoms with van der Waals surface area (Å²) in [6.45, 7) is 8.30. The zero-order chi connectivity index (χ0) is 16.4. The van der Waals surface area contributed by atoms with Crippen LogP contribution in [0.25, 0.3) is 0 Å². The molecule has 126 valence electrons. The number of hydrogen-bond donors (Lipinski definition) is 1. The summed E-state index contributed by atoms with van der Waals surface area (Å²) in [6, 6.07) is 10.6. The number of carbonyl (C=O) groups is 1. The van der Waals surface area contributed by atoms with Gasteiger partial charge in [0, 0.05) is 18.6 Å². The zero-order valence-corrected chi connectivity index (χ0v) is 14.7. The van der Waals surface area contributed by atoms with Crippen molar-refractivity contribution in [3.05, 3.63) is 35.9 Å². The van der Waals surface area contributed by atoms with Crippen molar-refractivity contribution in [2.45, 2.75) is 64.0 Å². The monoisotopic (exact) mass is 314 g/mol. The Hall–Kier alpha value is -1.35. The largest absolute Gasteiger partial charge is 0.341 e. The molecule has 0 radical (unpaired) electrons. The third kappa shape index (κ3) is 4.57. The van der Waals surface area contributed by atoms with Crippen LogP contribution < -0.4 is 5.32 Å². The van der Waals surface area contributed by atoms with Crippen molar-refractivity contribution in [2.75, 3.05) is 13.1 Å². The molecule has 1 aliphatic heterocycles. The van der Waals surface area contributed by atoms with Gasteiger partial charge in [0.05, 0.1) is 6.04 Å². The van der Waals surface area contributed by atoms with Crippen molar-refractivity contribution >= 4 is 5.91 Å². The van der Waals surface area contributed by atoms with Gasteiger partial charge in [0.15, 0.2) is 0 Å². The number of amides is 1. The predicted octanol–water partition coefficient (Wildman–Crippen LogP) is 3.56. The first-order valence-electron chi connectivity index (χ1n) is 9.04. The minimum atomic E-state index is -0.0681. The molecule has 3 heteroatoms. The molecule has 2 atom stereocenters. The first-order valence-corrected chi connectivity index (χ1v) is 9.04. The number of likely N-dealkylation sites (tertiary alicyclic amines) is 1. The van der Waals surface area contributed by atoms with Crippen LogP contribution in [0.2, 0.25) is 0 Å². The highest BCUT2D eigenvalue weighted by atomic mass is 16.2. The van der Waals surface area contributed by atoms with Crippen molar-refractivity contribution in [3.63, 3.8) is 0 Å². The highest BCUT2D eigenvalue weighted by Gasteiger charge is 2.36. The van der Waals surface area contributed by atoms with Gasteiger partial charge in [-0.05, 0) is 63.9 Å². The maximum atomic E-state index is 13.0. The Bertz CT molecular complexity index is 530. The van der Waals surface area contributed by atoms with E-state index in [1.807, 2.05) is 0 Å². The first kappa shape index (κ1) is 16.5. The van der Waals surface area contributed by atoms with Crippen molar-refractivity contribution in [1.29, 1.82) is 0 Å². The average molecular weight is 314 g/mol. The number of hydrogen-bond acceptors (Lipinski definition) is 2. The van der Waals surface area contributed by atoms with Gasteiger partial charge in [0.25, 0.3) is 0 Å². The number of benzene rings is 1. The number of rotatable bonds is 4. The van der Waals surface area contributed by atoms with Gasteiger partial charge in [-0.15, -0.1) is 0 Å². The fourth-order valence-corrected chi connectivity index (χ4v) is 3.61. The van der Waals surface area contributed by atoms with Crippen LogP contribution >= 0.6 is 0 Å². The van der Waals surface area contributed by atoms with E-state index >= 15 is 0 Å². The average Bonchev–Trinajstić information content (AvgIpc) is 3.32. The molecule has 0 spiro atoms. The fraction of sp³-hybridized carbons (Fsp3) is 0.650. The molecule has 1 aromatic carbocycles. The van der Waals surface area contributed by atoms with Gasteiger partial charge in [0.1, 0.15) is 0 Å². The molecule has 0 aromatic heterocycles. The van der Waals surface area contributed by atoms with E-state index in [9.17, 15) is 4.79 Å². The van der Waals surface area contributed by atoms with Crippen LogP contribution in [0.1, 0.15) is 57.9 Å². The van der Waals surface area contributed by atoms with Crippen LogP contribution in [0.15, 0.2) is 30.3 Å². The second-order valence-electron chi connectivity index (χ2n) is 8.31. The summed E-state index contributed by atoms with van der Waals surface area (Å²) < 4.78 is 0. The molecule has 1 amide bonds. The molecule has 1 aromatic rings. The number of nitrogens with zero attached hydrogens (tertiary/aromatic N) is 1. The maximum absolute atomic E-state index is 13.0. The molecule has 2 fully saturated rings. The Morgan fingerprint density at radius 2 is 1.83 bits per heavy atom. The smallest absolute Gasteiger partial charge is 0.239 e. The minimum Gasteiger partial charge on any atom is -0.341 e. The third-order valence-corrected chi connectivity index (χ3v) is 4.93. The highest BCUT2D eigenvalue weighted by Crippen LogP contribution is 2.33. The van der Waals surface area contributed by atoms with Gasteiger partial charge < -0.3 is 10.2 Å². The molecule has 1 N–H and O–H groups in total. The molecule has 23 heavy (non-hydrogen) atoms. The summed E-state index contributed by atoms with van der Waals surface area (Å²) in [7, 11) is 0. The Kier molecular flexibility index (Phi) is 4.77. The number of carbonyl (C=O) groups excluding carboxylic acids is 1. The summed E-state index contributed by atoms with van der Waals surface area (Å²) in [5, 5.41) is 3.58. The highest BCUT2D eigenvalue weighted by molar-refractivity contribution is 5.82. The molecule has 3 nitrogen and oxygen atoms in total. The SMILES string of the molecule is CC(C)(C)N[C@@H]1C[C@H](c2ccccc2)CCN(CC2CC2)C1=O. The Morgan fingerprint density at radius 1 is 1.13 bits per heavy atom. The lowest BCUT2D eigenvalue weighted by Gasteiger charge is -2.31. The summed E-state index contributed by atoms with van der Waals surface area (Å²) in [5.41, 5.74) is 1.33. The molecule has 3 rings (SSSR count). The molecule has 0 bridgehead atoms. The van der Waals surface area contributed by atoms with E-state index in [-0.39, 0.29) is 11.6 Å². The van der Waals surface area contributed by atoms with Crippen LogP contribution in [0.3, 0.4) is 0 Å². The normalized spacial score (nSPS) is 26.2. The summed E-state index contributed by atoms with van der Waals surface area (Å²) in [6.07, 6.45) is 4.57. The minimum absolute atomic E-state index is 0.0445. The molecule has 2 aliphatic rings. The van der Waals surface area contributed by atoms with E-state index in [1.165, 1.54) is 18.4 Å². The lowest BCUT2D eigenvalue weighted by molar-refractivity contribution is -0.133. The van der Waals surface area contributed by atoms with Gasteiger partial charge >= 0.3 is 0 Å². The molecular formula is C20H30N2O. The maximum Gasteiger partial charge on any atom is 0.239 e. The van der Waals surface area contributed by atoms with Crippen LogP contribution in [0, 0.1) is 5.92 Å². The molecule has 1 aliphatic carbocycles. The van der Waals surface area contributed by atoms with Gasteiger partial charge in [-0.3, -0.25) is 4.79 Å². The second-order valence-corrected chi connectivity index (χ2v) is 8.31. The van der Waals surface area contributed by atoms with Gasteiger partial charge in [0.2, 0.25) is 5.91 Å². The van der Waals surface area contributed by atoms with E-state index in [2.05, 4.69) is 61.3 Å². The zero-order valence-electron chi connectivity index (χ0n) is 14.7. The predicted molar refractivity (Wildman–Crippen MR) is 94.4 cm³/mol. The van der Waals surface area contributed by atoms with Crippen molar-refractivity contribution in [1.82, 2.24) is 10.2 Å². The van der Waals surface area contributed by atoms with E-state index in [0.717, 1.165) is 31.8 Å². The lowest BCUT2D eigenvalue weighted by Crippen LogP contribution is -2.52. The first-order chi connectivity index (χ1) is 10.9. The Labute approximate surface area is 140 Å². The van der Waals surface area contributed by atoms with Crippen LogP contribution in [0.4, 0.5) is 0 Å². The van der Waals surface area contributed by atoms with Gasteiger partial charge in [-0.25, -0.2) is 0 Å². The summed E-state index contributed by atoms with van der Waals surface area (Å²) >= 11 is 0. The standard InChI is InChI=1S/C20H30N2O/c1-20(2,3)21-18-13-17(16-7-5-4-6-8-16)11-12-22(19(18)23)14-15-9-10-15/h4-8,15,17-18,21H,9-14H2,1-3H3/t17-,18-/m1/s1. The Morgan fingerprint density at radius 3 is 2.43 bits per heavy atom. The summed E-state index contributed by atoms with van der Waals surface area (Å²) in [5.74, 6) is 1.52. The molecule has 1 heterocycles. The van der Waals surface area contributed by atoms with Crippen LogP contribution in [-0.4, -0.2) is 35.5 Å². The van der Waals surface area contributed by atoms with Crippen molar-refractivity contribution < 1.29 is 4.79 Å². The van der Waals surface area contributed by atoms with E-state index in [4.69, 9.17) is 0 Å². The molecule has 1 saturated heterocycles. The van der Waals surface area contributed by atoms with Crippen molar-refractivity contribution in [3.8, 4) is 0 Å². The van der Waals surface area contributed by atoms with Gasteiger partial charge in [-0.2, -0.15) is 0 Å². The van der Waals surface area contributed by atoms with Crippen molar-refractivity contribution in [2.24, 2.45) is 5.92 Å². The molecular weight excluding hydrogens is 284 g/mol. The summed E-state index contributed by atoms with van der Waals surface area (Å²) in [4.78, 5) is 15.2. The molecule has 0 unspecified atom stereocenters. The van der Waals surface area contributed by atoms with E-state index in [0.29, 0.717) is 11.8 Å². The van der Waals surface area contributed by atoms with Crippen LogP contribution in [0.5, 0.6) is 0 Å². The quantitative estimate of drug-likeness (QED) is 0.921. The van der Waals surface area contributed by atoms with Gasteiger partial charge in [-0.1, -0.05) is 30.3 Å².